The van der Waals surface area contributed by atoms with Crippen LogP contribution < -0.4 is 10.6 Å². The first-order valence-electron chi connectivity index (χ1n) is 5.97. The van der Waals surface area contributed by atoms with Gasteiger partial charge in [-0.05, 0) is 24.1 Å². The number of carbonyl (C=O) groups is 2. The van der Waals surface area contributed by atoms with Gasteiger partial charge in [-0.2, -0.15) is 8.42 Å². The summed E-state index contributed by atoms with van der Waals surface area (Å²) in [7, 11) is -4.76. The van der Waals surface area contributed by atoms with Crippen molar-refractivity contribution >= 4 is 22.0 Å². The molecule has 0 aliphatic carbocycles. The summed E-state index contributed by atoms with van der Waals surface area (Å²) in [5.41, 5.74) is 0.460. The first kappa shape index (κ1) is 14.4. The molecule has 20 heavy (non-hydrogen) atoms. The molecule has 1 aromatic rings. The van der Waals surface area contributed by atoms with Crippen LogP contribution in [0.15, 0.2) is 29.2 Å². The van der Waals surface area contributed by atoms with Crippen molar-refractivity contribution in [2.75, 3.05) is 0 Å². The fourth-order valence-electron chi connectivity index (χ4n) is 1.93. The van der Waals surface area contributed by atoms with Gasteiger partial charge in [-0.1, -0.05) is 12.1 Å². The van der Waals surface area contributed by atoms with E-state index in [0.29, 0.717) is 18.4 Å². The van der Waals surface area contributed by atoms with Crippen molar-refractivity contribution in [1.29, 1.82) is 0 Å². The summed E-state index contributed by atoms with van der Waals surface area (Å²) in [4.78, 5) is 22.3. The summed E-state index contributed by atoms with van der Waals surface area (Å²) in [6, 6.07) is 4.70. The van der Waals surface area contributed by atoms with Crippen molar-refractivity contribution in [3.63, 3.8) is 0 Å². The maximum Gasteiger partial charge on any atom is 0.332 e. The van der Waals surface area contributed by atoms with Crippen molar-refractivity contribution in [3.8, 4) is 0 Å². The highest BCUT2D eigenvalue weighted by molar-refractivity contribution is 7.86. The van der Waals surface area contributed by atoms with Gasteiger partial charge in [-0.25, -0.2) is 0 Å². The predicted octanol–water partition coefficient (Wildman–Crippen LogP) is 0.240. The normalized spacial score (nSPS) is 18.6. The summed E-state index contributed by atoms with van der Waals surface area (Å²) < 4.78 is 34.4. The molecule has 2 N–H and O–H groups in total. The zero-order valence-corrected chi connectivity index (χ0v) is 11.2. The van der Waals surface area contributed by atoms with Gasteiger partial charge >= 0.3 is 10.2 Å². The number of benzene rings is 1. The van der Waals surface area contributed by atoms with E-state index in [-0.39, 0.29) is 18.4 Å². The third-order valence-corrected chi connectivity index (χ3v) is 3.78. The average Bonchev–Trinajstić information content (AvgIpc) is 2.82. The fraction of sp³-hybridized carbons (Fsp3) is 0.333. The van der Waals surface area contributed by atoms with Gasteiger partial charge in [0.15, 0.2) is 0 Å². The molecule has 1 saturated heterocycles. The molecule has 1 atom stereocenters. The molecule has 1 aliphatic rings. The number of halogens is 1. The van der Waals surface area contributed by atoms with E-state index in [1.54, 1.807) is 6.07 Å². The number of amides is 2. The van der Waals surface area contributed by atoms with Crippen LogP contribution in [-0.2, 0) is 26.4 Å². The van der Waals surface area contributed by atoms with Crippen LogP contribution in [0.4, 0.5) is 3.89 Å². The van der Waals surface area contributed by atoms with Crippen molar-refractivity contribution in [3.05, 3.63) is 29.8 Å². The van der Waals surface area contributed by atoms with E-state index >= 15 is 0 Å². The molecule has 1 aliphatic heterocycles. The van der Waals surface area contributed by atoms with Gasteiger partial charge in [0.05, 0.1) is 4.90 Å². The lowest BCUT2D eigenvalue weighted by Gasteiger charge is -2.11. The molecule has 8 heteroatoms. The van der Waals surface area contributed by atoms with Gasteiger partial charge in [0, 0.05) is 13.0 Å². The van der Waals surface area contributed by atoms with Crippen molar-refractivity contribution in [2.24, 2.45) is 0 Å². The van der Waals surface area contributed by atoms with E-state index < -0.39 is 21.2 Å². The zero-order chi connectivity index (χ0) is 14.8. The highest BCUT2D eigenvalue weighted by Gasteiger charge is 2.26. The Morgan fingerprint density at radius 3 is 2.80 bits per heavy atom. The molecular weight excluding hydrogens is 287 g/mol. The molecule has 0 aromatic heterocycles. The first-order valence-corrected chi connectivity index (χ1v) is 7.35. The van der Waals surface area contributed by atoms with Crippen LogP contribution in [0.3, 0.4) is 0 Å². The molecule has 0 unspecified atom stereocenters. The van der Waals surface area contributed by atoms with Gasteiger partial charge < -0.3 is 10.6 Å². The molecular formula is C12H13FN2O4S. The maximum absolute atomic E-state index is 12.8. The lowest BCUT2D eigenvalue weighted by Crippen LogP contribution is -2.41. The minimum Gasteiger partial charge on any atom is -0.350 e. The van der Waals surface area contributed by atoms with Crippen LogP contribution >= 0.6 is 0 Å². The van der Waals surface area contributed by atoms with Gasteiger partial charge in [0.25, 0.3) is 0 Å². The van der Waals surface area contributed by atoms with Gasteiger partial charge in [0.1, 0.15) is 6.04 Å². The van der Waals surface area contributed by atoms with E-state index in [1.807, 2.05) is 0 Å². The molecule has 0 radical (unpaired) electrons. The summed E-state index contributed by atoms with van der Waals surface area (Å²) >= 11 is 0. The molecule has 6 nitrogen and oxygen atoms in total. The van der Waals surface area contributed by atoms with Gasteiger partial charge in [-0.15, -0.1) is 3.89 Å². The maximum atomic E-state index is 12.8. The van der Waals surface area contributed by atoms with Crippen molar-refractivity contribution in [1.82, 2.24) is 10.6 Å². The third kappa shape index (κ3) is 3.53. The topological polar surface area (TPSA) is 92.3 Å². The molecule has 1 heterocycles. The van der Waals surface area contributed by atoms with E-state index in [4.69, 9.17) is 0 Å². The predicted molar refractivity (Wildman–Crippen MR) is 67.7 cm³/mol. The number of carbonyl (C=O) groups excluding carboxylic acids is 2. The van der Waals surface area contributed by atoms with Gasteiger partial charge in [0.2, 0.25) is 11.8 Å². The number of rotatable bonds is 4. The average molecular weight is 300 g/mol. The highest BCUT2D eigenvalue weighted by Crippen LogP contribution is 2.14. The van der Waals surface area contributed by atoms with Crippen LogP contribution in [0.1, 0.15) is 18.4 Å². The molecule has 1 aromatic carbocycles. The Labute approximate surface area is 115 Å². The Balaban J connectivity index is 1.97. The van der Waals surface area contributed by atoms with Crippen LogP contribution in [-0.4, -0.2) is 26.3 Å². The standard InChI is InChI=1S/C12H13FN2O4S/c13-20(18,19)9-3-1-2-8(6-9)7-14-12(17)10-4-5-11(16)15-10/h1-3,6,10H,4-5,7H2,(H,14,17)(H,15,16)/t10-/m0/s1. The molecule has 2 amide bonds. The Bertz CT molecular complexity index is 645. The quantitative estimate of drug-likeness (QED) is 0.779. The van der Waals surface area contributed by atoms with E-state index in [1.165, 1.54) is 6.07 Å². The second kappa shape index (κ2) is 5.58. The summed E-state index contributed by atoms with van der Waals surface area (Å²) in [5.74, 6) is -0.514. The smallest absolute Gasteiger partial charge is 0.332 e. The van der Waals surface area contributed by atoms with Crippen LogP contribution in [0, 0.1) is 0 Å². The summed E-state index contributed by atoms with van der Waals surface area (Å²) in [6.45, 7) is 0.0641. The lowest BCUT2D eigenvalue weighted by molar-refractivity contribution is -0.125. The molecule has 0 saturated carbocycles. The van der Waals surface area contributed by atoms with Crippen molar-refractivity contribution in [2.45, 2.75) is 30.3 Å². The summed E-state index contributed by atoms with van der Waals surface area (Å²) in [6.07, 6.45) is 0.747. The third-order valence-electron chi connectivity index (χ3n) is 2.96. The second-order valence-electron chi connectivity index (χ2n) is 4.46. The number of hydrogen-bond acceptors (Lipinski definition) is 4. The molecule has 1 fully saturated rings. The Hall–Kier alpha value is -1.96. The van der Waals surface area contributed by atoms with Crippen LogP contribution in [0.2, 0.25) is 0 Å². The Morgan fingerprint density at radius 1 is 1.45 bits per heavy atom. The minimum atomic E-state index is -4.76. The molecule has 108 valence electrons. The van der Waals surface area contributed by atoms with E-state index in [2.05, 4.69) is 10.6 Å². The highest BCUT2D eigenvalue weighted by atomic mass is 32.3. The van der Waals surface area contributed by atoms with E-state index in [0.717, 1.165) is 12.1 Å². The van der Waals surface area contributed by atoms with Crippen LogP contribution in [0.5, 0.6) is 0 Å². The van der Waals surface area contributed by atoms with Crippen LogP contribution in [0.25, 0.3) is 0 Å². The zero-order valence-electron chi connectivity index (χ0n) is 10.4. The first-order chi connectivity index (χ1) is 9.36. The second-order valence-corrected chi connectivity index (χ2v) is 5.81. The summed E-state index contributed by atoms with van der Waals surface area (Å²) in [5, 5.41) is 5.09. The fourth-order valence-corrected chi connectivity index (χ4v) is 2.46. The van der Waals surface area contributed by atoms with Crippen molar-refractivity contribution < 1.29 is 21.9 Å². The Kier molecular flexibility index (Phi) is 4.03. The number of hydrogen-bond donors (Lipinski definition) is 2. The minimum absolute atomic E-state index is 0.0641. The largest absolute Gasteiger partial charge is 0.350 e. The Morgan fingerprint density at radius 2 is 2.20 bits per heavy atom. The molecule has 0 spiro atoms. The van der Waals surface area contributed by atoms with E-state index in [9.17, 15) is 21.9 Å². The van der Waals surface area contributed by atoms with Gasteiger partial charge in [-0.3, -0.25) is 9.59 Å². The molecule has 2 rings (SSSR count). The molecule has 0 bridgehead atoms. The monoisotopic (exact) mass is 300 g/mol. The number of nitrogens with one attached hydrogen (secondary N) is 2. The SMILES string of the molecule is O=C1CC[C@@H](C(=O)NCc2cccc(S(=O)(=O)F)c2)N1. The lowest BCUT2D eigenvalue weighted by atomic mass is 10.2.